The van der Waals surface area contributed by atoms with Crippen LogP contribution in [0.15, 0.2) is 59.3 Å². The lowest BCUT2D eigenvalue weighted by atomic mass is 9.72. The number of nitrogens with two attached hydrogens (primary N) is 1. The van der Waals surface area contributed by atoms with E-state index in [2.05, 4.69) is 29.4 Å². The van der Waals surface area contributed by atoms with Crippen molar-refractivity contribution in [2.75, 3.05) is 0 Å². The second-order valence-electron chi connectivity index (χ2n) is 9.00. The Labute approximate surface area is 182 Å². The molecule has 1 saturated carbocycles. The van der Waals surface area contributed by atoms with Crippen LogP contribution >= 0.6 is 0 Å². The Bertz CT molecular complexity index is 1020. The second-order valence-corrected chi connectivity index (χ2v) is 9.00. The molecule has 2 aliphatic carbocycles. The van der Waals surface area contributed by atoms with Crippen molar-refractivity contribution in [3.63, 3.8) is 0 Å². The van der Waals surface area contributed by atoms with Crippen LogP contribution in [0.4, 0.5) is 4.39 Å². The minimum atomic E-state index is -0.325. The number of halogens is 1. The van der Waals surface area contributed by atoms with E-state index in [9.17, 15) is 4.39 Å². The highest BCUT2D eigenvalue weighted by molar-refractivity contribution is 5.65. The highest BCUT2D eigenvalue weighted by Crippen LogP contribution is 2.46. The van der Waals surface area contributed by atoms with Gasteiger partial charge in [-0.25, -0.2) is 4.39 Å². The number of rotatable bonds is 4. The molecule has 0 saturated heterocycles. The second kappa shape index (κ2) is 8.83. The van der Waals surface area contributed by atoms with Crippen LogP contribution in [0.3, 0.4) is 0 Å². The number of nitrogens with zero attached hydrogens (tertiary/aromatic N) is 1. The lowest BCUT2D eigenvalue weighted by molar-refractivity contribution is 0.0711. The van der Waals surface area contributed by atoms with Crippen LogP contribution in [0.1, 0.15) is 55.8 Å². The largest absolute Gasteiger partial charge is 0.485 e. The average Bonchev–Trinajstić information content (AvgIpc) is 3.23. The lowest BCUT2D eigenvalue weighted by Gasteiger charge is -2.39. The smallest absolute Gasteiger partial charge is 0.170 e. The molecular weight excluding hydrogens is 391 g/mol. The molecule has 0 bridgehead atoms. The number of benzene rings is 2. The molecule has 4 atom stereocenters. The van der Waals surface area contributed by atoms with Gasteiger partial charge in [0.1, 0.15) is 17.7 Å². The summed E-state index contributed by atoms with van der Waals surface area (Å²) in [6.07, 6.45) is 9.40. The van der Waals surface area contributed by atoms with Crippen molar-refractivity contribution in [1.29, 1.82) is 0 Å². The van der Waals surface area contributed by atoms with Gasteiger partial charge in [0.15, 0.2) is 5.76 Å². The van der Waals surface area contributed by atoms with Crippen molar-refractivity contribution in [2.45, 2.75) is 57.1 Å². The Balaban J connectivity index is 1.53. The van der Waals surface area contributed by atoms with Gasteiger partial charge in [0, 0.05) is 18.0 Å². The summed E-state index contributed by atoms with van der Waals surface area (Å²) >= 11 is 0. The standard InChI is InChI=1S/C26H29FN2O2/c27-19-10-12-24(23(16-19)25-13-14-29-31-25)30-26-21-8-4-2-5-17(21)9-11-22(26)18-6-1-3-7-20(28)15-18/h2,4-5,8,10,12-14,16,18,20,22,26H,1,3,6-7,9,11,15,28H2. The van der Waals surface area contributed by atoms with Gasteiger partial charge in [-0.2, -0.15) is 0 Å². The molecule has 1 aromatic heterocycles. The Hall–Kier alpha value is -2.66. The zero-order valence-corrected chi connectivity index (χ0v) is 17.7. The molecule has 31 heavy (non-hydrogen) atoms. The van der Waals surface area contributed by atoms with E-state index >= 15 is 0 Å². The normalized spacial score (nSPS) is 26.1. The average molecular weight is 421 g/mol. The zero-order valence-electron chi connectivity index (χ0n) is 17.7. The van der Waals surface area contributed by atoms with Gasteiger partial charge in [0.05, 0.1) is 11.8 Å². The third kappa shape index (κ3) is 4.24. The maximum Gasteiger partial charge on any atom is 0.170 e. The van der Waals surface area contributed by atoms with Crippen LogP contribution in [0.25, 0.3) is 11.3 Å². The molecule has 0 aliphatic heterocycles. The third-order valence-corrected chi connectivity index (χ3v) is 7.01. The van der Waals surface area contributed by atoms with E-state index in [-0.39, 0.29) is 18.0 Å². The van der Waals surface area contributed by atoms with E-state index in [1.165, 1.54) is 42.5 Å². The van der Waals surface area contributed by atoms with Crippen LogP contribution in [-0.2, 0) is 6.42 Å². The Morgan fingerprint density at radius 3 is 2.77 bits per heavy atom. The Kier molecular flexibility index (Phi) is 5.77. The molecule has 2 N–H and O–H groups in total. The van der Waals surface area contributed by atoms with Crippen molar-refractivity contribution in [2.24, 2.45) is 17.6 Å². The Morgan fingerprint density at radius 2 is 1.90 bits per heavy atom. The first-order chi connectivity index (χ1) is 15.2. The molecule has 1 heterocycles. The molecule has 0 amide bonds. The molecule has 2 aromatic carbocycles. The van der Waals surface area contributed by atoms with E-state index in [1.807, 2.05) is 0 Å². The summed E-state index contributed by atoms with van der Waals surface area (Å²) in [6.45, 7) is 0. The van der Waals surface area contributed by atoms with Gasteiger partial charge in [-0.3, -0.25) is 0 Å². The van der Waals surface area contributed by atoms with Crippen molar-refractivity contribution in [1.82, 2.24) is 5.16 Å². The maximum atomic E-state index is 14.1. The summed E-state index contributed by atoms with van der Waals surface area (Å²) in [4.78, 5) is 0. The highest BCUT2D eigenvalue weighted by Gasteiger charge is 2.38. The van der Waals surface area contributed by atoms with Gasteiger partial charge in [-0.1, -0.05) is 42.3 Å². The van der Waals surface area contributed by atoms with Crippen LogP contribution in [0.5, 0.6) is 5.75 Å². The number of hydrogen-bond acceptors (Lipinski definition) is 4. The molecule has 0 radical (unpaired) electrons. The molecule has 4 nitrogen and oxygen atoms in total. The lowest BCUT2D eigenvalue weighted by Crippen LogP contribution is -2.33. The van der Waals surface area contributed by atoms with Crippen LogP contribution in [0, 0.1) is 17.7 Å². The van der Waals surface area contributed by atoms with Crippen LogP contribution < -0.4 is 10.5 Å². The van der Waals surface area contributed by atoms with E-state index in [0.29, 0.717) is 28.9 Å². The van der Waals surface area contributed by atoms with Crippen molar-refractivity contribution in [3.05, 3.63) is 71.7 Å². The van der Waals surface area contributed by atoms with E-state index in [1.54, 1.807) is 18.3 Å². The Morgan fingerprint density at radius 1 is 1.03 bits per heavy atom. The van der Waals surface area contributed by atoms with Gasteiger partial charge in [0.25, 0.3) is 0 Å². The molecule has 5 rings (SSSR count). The first-order valence-corrected chi connectivity index (χ1v) is 11.4. The number of fused-ring (bicyclic) bond motifs is 1. The SMILES string of the molecule is NC1CCCCC(C2CCc3ccccc3C2Oc2ccc(F)cc2-c2ccno2)C1. The molecule has 1 fully saturated rings. The minimum absolute atomic E-state index is 0.0904. The summed E-state index contributed by atoms with van der Waals surface area (Å²) in [7, 11) is 0. The number of ether oxygens (including phenoxy) is 1. The molecule has 162 valence electrons. The van der Waals surface area contributed by atoms with Crippen LogP contribution in [0.2, 0.25) is 0 Å². The van der Waals surface area contributed by atoms with Gasteiger partial charge in [0.2, 0.25) is 0 Å². The third-order valence-electron chi connectivity index (χ3n) is 7.01. The van der Waals surface area contributed by atoms with Crippen molar-refractivity contribution >= 4 is 0 Å². The molecule has 2 aliphatic rings. The van der Waals surface area contributed by atoms with E-state index in [4.69, 9.17) is 15.0 Å². The fourth-order valence-corrected chi connectivity index (χ4v) is 5.49. The maximum absolute atomic E-state index is 14.1. The summed E-state index contributed by atoms with van der Waals surface area (Å²) in [6, 6.07) is 15.2. The topological polar surface area (TPSA) is 61.3 Å². The van der Waals surface area contributed by atoms with Crippen molar-refractivity contribution in [3.8, 4) is 17.1 Å². The molecule has 3 aromatic rings. The summed E-state index contributed by atoms with van der Waals surface area (Å²) in [5, 5.41) is 3.79. The summed E-state index contributed by atoms with van der Waals surface area (Å²) < 4.78 is 26.2. The number of aromatic nitrogens is 1. The number of hydrogen-bond donors (Lipinski definition) is 1. The van der Waals surface area contributed by atoms with E-state index < -0.39 is 0 Å². The molecule has 4 unspecified atom stereocenters. The first kappa shape index (κ1) is 20.3. The number of aryl methyl sites for hydroxylation is 1. The molecule has 5 heteroatoms. The van der Waals surface area contributed by atoms with Gasteiger partial charge in [-0.15, -0.1) is 0 Å². The van der Waals surface area contributed by atoms with Crippen molar-refractivity contribution < 1.29 is 13.7 Å². The monoisotopic (exact) mass is 420 g/mol. The highest BCUT2D eigenvalue weighted by atomic mass is 19.1. The van der Waals surface area contributed by atoms with Gasteiger partial charge >= 0.3 is 0 Å². The fourth-order valence-electron chi connectivity index (χ4n) is 5.49. The summed E-state index contributed by atoms with van der Waals surface area (Å²) in [5.41, 5.74) is 9.60. The molecular formula is C26H29FN2O2. The zero-order chi connectivity index (χ0) is 21.2. The minimum Gasteiger partial charge on any atom is -0.485 e. The predicted molar refractivity (Wildman–Crippen MR) is 118 cm³/mol. The predicted octanol–water partition coefficient (Wildman–Crippen LogP) is 6.07. The summed E-state index contributed by atoms with van der Waals surface area (Å²) in [5.74, 6) is 1.72. The van der Waals surface area contributed by atoms with Gasteiger partial charge < -0.3 is 15.0 Å². The van der Waals surface area contributed by atoms with Gasteiger partial charge in [-0.05, 0) is 67.3 Å². The van der Waals surface area contributed by atoms with E-state index in [0.717, 1.165) is 25.7 Å². The molecule has 0 spiro atoms. The fraction of sp³-hybridized carbons (Fsp3) is 0.423. The quantitative estimate of drug-likeness (QED) is 0.520. The first-order valence-electron chi connectivity index (χ1n) is 11.4. The van der Waals surface area contributed by atoms with Crippen LogP contribution in [-0.4, -0.2) is 11.2 Å².